The number of amides is 1. The van der Waals surface area contributed by atoms with E-state index in [0.717, 1.165) is 30.8 Å². The van der Waals surface area contributed by atoms with Crippen molar-refractivity contribution in [3.8, 4) is 0 Å². The van der Waals surface area contributed by atoms with E-state index in [1.165, 1.54) is 0 Å². The van der Waals surface area contributed by atoms with Crippen LogP contribution in [0.3, 0.4) is 0 Å². The van der Waals surface area contributed by atoms with E-state index in [2.05, 4.69) is 15.1 Å². The maximum absolute atomic E-state index is 12.6. The Balaban J connectivity index is 1.70. The van der Waals surface area contributed by atoms with Crippen molar-refractivity contribution in [2.45, 2.75) is 38.6 Å². The minimum absolute atomic E-state index is 0.0121. The van der Waals surface area contributed by atoms with Crippen molar-refractivity contribution in [1.82, 2.24) is 24.6 Å². The highest BCUT2D eigenvalue weighted by molar-refractivity contribution is 5.77. The molecule has 1 fully saturated rings. The third kappa shape index (κ3) is 3.33. The molecule has 0 aromatic carbocycles. The molecule has 0 unspecified atom stereocenters. The van der Waals surface area contributed by atoms with Crippen molar-refractivity contribution < 1.29 is 4.79 Å². The number of carbonyl (C=O) groups is 1. The first kappa shape index (κ1) is 15.5. The Morgan fingerprint density at radius 1 is 1.43 bits per heavy atom. The van der Waals surface area contributed by atoms with Crippen LogP contribution in [-0.4, -0.2) is 37.1 Å². The second-order valence-corrected chi connectivity index (χ2v) is 5.96. The van der Waals surface area contributed by atoms with Crippen molar-refractivity contribution >= 4 is 11.7 Å². The third-order valence-corrected chi connectivity index (χ3v) is 4.31. The van der Waals surface area contributed by atoms with Crippen LogP contribution in [0.1, 0.15) is 42.5 Å². The summed E-state index contributed by atoms with van der Waals surface area (Å²) >= 11 is 0. The number of likely N-dealkylation sites (tertiary alicyclic amines) is 1. The lowest BCUT2D eigenvalue weighted by Gasteiger charge is -2.24. The van der Waals surface area contributed by atoms with E-state index >= 15 is 0 Å². The van der Waals surface area contributed by atoms with Crippen molar-refractivity contribution in [2.75, 3.05) is 12.3 Å². The fourth-order valence-corrected chi connectivity index (χ4v) is 3.18. The molecule has 3 rings (SSSR count). The largest absolute Gasteiger partial charge is 0.384 e. The Bertz CT molecular complexity index is 690. The van der Waals surface area contributed by atoms with Gasteiger partial charge in [0.15, 0.2) is 0 Å². The summed E-state index contributed by atoms with van der Waals surface area (Å²) in [5, 5.41) is 4.13. The van der Waals surface area contributed by atoms with Crippen LogP contribution < -0.4 is 5.73 Å². The molecule has 2 N–H and O–H groups in total. The molecule has 7 nitrogen and oxygen atoms in total. The molecular weight excluding hydrogens is 292 g/mol. The van der Waals surface area contributed by atoms with Gasteiger partial charge in [0.25, 0.3) is 0 Å². The molecule has 1 atom stereocenters. The normalized spacial score (nSPS) is 17.7. The molecule has 0 aliphatic carbocycles. The molecule has 3 heterocycles. The van der Waals surface area contributed by atoms with Crippen LogP contribution in [-0.2, 0) is 18.3 Å². The Hall–Kier alpha value is -2.44. The second-order valence-electron chi connectivity index (χ2n) is 5.96. The highest BCUT2D eigenvalue weighted by Gasteiger charge is 2.31. The highest BCUT2D eigenvalue weighted by atomic mass is 16.2. The van der Waals surface area contributed by atoms with E-state index in [1.807, 2.05) is 29.6 Å². The van der Waals surface area contributed by atoms with Gasteiger partial charge in [-0.3, -0.25) is 9.48 Å². The van der Waals surface area contributed by atoms with Gasteiger partial charge < -0.3 is 10.6 Å². The lowest BCUT2D eigenvalue weighted by atomic mass is 10.1. The van der Waals surface area contributed by atoms with E-state index in [-0.39, 0.29) is 11.9 Å². The number of nitrogens with zero attached hydrogens (tertiary/aromatic N) is 5. The molecule has 1 aliphatic rings. The van der Waals surface area contributed by atoms with Gasteiger partial charge in [0.1, 0.15) is 11.6 Å². The SMILES string of the molecule is Cc1nc(N)cc([C@H]2CCCN2C(=O)CCc2ccnn2C)n1. The summed E-state index contributed by atoms with van der Waals surface area (Å²) in [6.07, 6.45) is 4.85. The summed E-state index contributed by atoms with van der Waals surface area (Å²) in [4.78, 5) is 23.1. The van der Waals surface area contributed by atoms with Gasteiger partial charge >= 0.3 is 0 Å². The molecule has 7 heteroatoms. The third-order valence-electron chi connectivity index (χ3n) is 4.31. The fraction of sp³-hybridized carbons (Fsp3) is 0.500. The molecule has 2 aromatic rings. The van der Waals surface area contributed by atoms with Gasteiger partial charge in [0, 0.05) is 38.0 Å². The van der Waals surface area contributed by atoms with Crippen molar-refractivity contribution in [3.05, 3.63) is 35.5 Å². The Labute approximate surface area is 135 Å². The van der Waals surface area contributed by atoms with Gasteiger partial charge in [0.2, 0.25) is 5.91 Å². The molecule has 1 saturated heterocycles. The van der Waals surface area contributed by atoms with Gasteiger partial charge in [-0.05, 0) is 32.3 Å². The maximum atomic E-state index is 12.6. The van der Waals surface area contributed by atoms with Gasteiger partial charge in [0.05, 0.1) is 11.7 Å². The fourth-order valence-electron chi connectivity index (χ4n) is 3.18. The van der Waals surface area contributed by atoms with Crippen LogP contribution in [0.15, 0.2) is 18.3 Å². The quantitative estimate of drug-likeness (QED) is 0.921. The minimum Gasteiger partial charge on any atom is -0.384 e. The van der Waals surface area contributed by atoms with Crippen molar-refractivity contribution in [1.29, 1.82) is 0 Å². The number of aryl methyl sites for hydroxylation is 3. The van der Waals surface area contributed by atoms with Crippen LogP contribution in [0.5, 0.6) is 0 Å². The topological polar surface area (TPSA) is 89.9 Å². The maximum Gasteiger partial charge on any atom is 0.223 e. The van der Waals surface area contributed by atoms with Crippen LogP contribution in [0.4, 0.5) is 5.82 Å². The lowest BCUT2D eigenvalue weighted by Crippen LogP contribution is -2.31. The predicted octanol–water partition coefficient (Wildman–Crippen LogP) is 1.40. The Kier molecular flexibility index (Phi) is 4.27. The summed E-state index contributed by atoms with van der Waals surface area (Å²) in [5.74, 6) is 1.26. The van der Waals surface area contributed by atoms with Gasteiger partial charge in [-0.15, -0.1) is 0 Å². The number of rotatable bonds is 4. The molecule has 0 bridgehead atoms. The smallest absolute Gasteiger partial charge is 0.223 e. The average Bonchev–Trinajstić information content (AvgIpc) is 3.12. The molecular formula is C16H22N6O. The highest BCUT2D eigenvalue weighted by Crippen LogP contribution is 2.32. The first-order valence-electron chi connectivity index (χ1n) is 7.92. The Morgan fingerprint density at radius 2 is 2.26 bits per heavy atom. The number of carbonyl (C=O) groups excluding carboxylic acids is 1. The number of nitrogen functional groups attached to an aromatic ring is 1. The van der Waals surface area contributed by atoms with Gasteiger partial charge in [-0.25, -0.2) is 9.97 Å². The number of hydrogen-bond acceptors (Lipinski definition) is 5. The van der Waals surface area contributed by atoms with E-state index < -0.39 is 0 Å². The van der Waals surface area contributed by atoms with Crippen molar-refractivity contribution in [2.24, 2.45) is 7.05 Å². The summed E-state index contributed by atoms with van der Waals surface area (Å²) in [7, 11) is 1.89. The summed E-state index contributed by atoms with van der Waals surface area (Å²) in [6.45, 7) is 2.60. The summed E-state index contributed by atoms with van der Waals surface area (Å²) in [5.41, 5.74) is 7.74. The number of nitrogens with two attached hydrogens (primary N) is 1. The molecule has 23 heavy (non-hydrogen) atoms. The zero-order chi connectivity index (χ0) is 16.4. The van der Waals surface area contributed by atoms with E-state index in [1.54, 1.807) is 12.3 Å². The first-order chi connectivity index (χ1) is 11.0. The molecule has 1 amide bonds. The zero-order valence-corrected chi connectivity index (χ0v) is 13.6. The number of anilines is 1. The average molecular weight is 314 g/mol. The molecule has 0 saturated carbocycles. The van der Waals surface area contributed by atoms with Crippen LogP contribution in [0, 0.1) is 6.92 Å². The van der Waals surface area contributed by atoms with E-state index in [9.17, 15) is 4.79 Å². The molecule has 0 radical (unpaired) electrons. The Morgan fingerprint density at radius 3 is 2.96 bits per heavy atom. The zero-order valence-electron chi connectivity index (χ0n) is 13.6. The van der Waals surface area contributed by atoms with Crippen LogP contribution in [0.25, 0.3) is 0 Å². The molecule has 122 valence electrons. The van der Waals surface area contributed by atoms with Gasteiger partial charge in [-0.1, -0.05) is 0 Å². The molecule has 2 aromatic heterocycles. The van der Waals surface area contributed by atoms with E-state index in [0.29, 0.717) is 24.5 Å². The lowest BCUT2D eigenvalue weighted by molar-refractivity contribution is -0.132. The second kappa shape index (κ2) is 6.36. The van der Waals surface area contributed by atoms with Crippen LogP contribution >= 0.6 is 0 Å². The van der Waals surface area contributed by atoms with E-state index in [4.69, 9.17) is 5.73 Å². The monoisotopic (exact) mass is 314 g/mol. The predicted molar refractivity (Wildman–Crippen MR) is 86.4 cm³/mol. The number of hydrogen-bond donors (Lipinski definition) is 1. The molecule has 0 spiro atoms. The molecule has 1 aliphatic heterocycles. The summed E-state index contributed by atoms with van der Waals surface area (Å²) in [6, 6.07) is 3.74. The number of aromatic nitrogens is 4. The first-order valence-corrected chi connectivity index (χ1v) is 7.92. The summed E-state index contributed by atoms with van der Waals surface area (Å²) < 4.78 is 1.81. The van der Waals surface area contributed by atoms with Crippen molar-refractivity contribution in [3.63, 3.8) is 0 Å². The van der Waals surface area contributed by atoms with Crippen LogP contribution in [0.2, 0.25) is 0 Å². The standard InChI is InChI=1S/C16H22N6O/c1-11-19-13(10-15(17)20-11)14-4-3-9-22(14)16(23)6-5-12-7-8-18-21(12)2/h7-8,10,14H,3-6,9H2,1-2H3,(H2,17,19,20)/t14-/m1/s1. The minimum atomic E-state index is 0.0121. The van der Waals surface area contributed by atoms with Gasteiger partial charge in [-0.2, -0.15) is 5.10 Å².